The lowest BCUT2D eigenvalue weighted by Gasteiger charge is -2.20. The molecule has 0 radical (unpaired) electrons. The molecule has 0 unspecified atom stereocenters. The molecule has 0 saturated carbocycles. The second-order valence-corrected chi connectivity index (χ2v) is 13.7. The number of anilines is 2. The van der Waals surface area contributed by atoms with Crippen LogP contribution in [0.15, 0.2) is 115 Å². The molecule has 8 aromatic rings. The predicted molar refractivity (Wildman–Crippen MR) is 209 cm³/mol. The van der Waals surface area contributed by atoms with Crippen LogP contribution in [0.5, 0.6) is 0 Å². The normalized spacial score (nSPS) is 11.3. The highest BCUT2D eigenvalue weighted by atomic mass is 32.1. The molecule has 0 N–H and O–H groups in total. The summed E-state index contributed by atoms with van der Waals surface area (Å²) in [4.78, 5) is 38.6. The maximum atomic E-state index is 12.5. The van der Waals surface area contributed by atoms with Gasteiger partial charge in [0.1, 0.15) is 21.2 Å². The third-order valence-corrected chi connectivity index (χ3v) is 10.9. The highest BCUT2D eigenvalue weighted by Gasteiger charge is 2.15. The molecule has 4 aromatic heterocycles. The largest absolute Gasteiger partial charge is 0.422 e. The summed E-state index contributed by atoms with van der Waals surface area (Å²) in [6, 6.07) is 31.5. The predicted octanol–water partition coefficient (Wildman–Crippen LogP) is 9.83. The quantitative estimate of drug-likeness (QED) is 0.145. The van der Waals surface area contributed by atoms with Crippen LogP contribution in [0.25, 0.3) is 63.5 Å². The molecule has 0 saturated heterocycles. The molecule has 8 rings (SSSR count). The maximum absolute atomic E-state index is 12.5. The number of aromatic nitrogens is 2. The van der Waals surface area contributed by atoms with Crippen LogP contribution in [0.2, 0.25) is 0 Å². The SMILES string of the molecule is CCN(CC)c1ccc2cc(-c3nc4ccccc4s3)c(=O)oc2c1.CCN(CC)c1ccc2cc(-c3nc4ccccc4s3)c(=O)oc2c1. The minimum absolute atomic E-state index is 0.344. The fourth-order valence-corrected chi connectivity index (χ4v) is 7.98. The number of fused-ring (bicyclic) bond motifs is 4. The van der Waals surface area contributed by atoms with E-state index >= 15 is 0 Å². The van der Waals surface area contributed by atoms with E-state index in [-0.39, 0.29) is 11.3 Å². The topological polar surface area (TPSA) is 92.7 Å². The average molecular weight is 701 g/mol. The highest BCUT2D eigenvalue weighted by molar-refractivity contribution is 7.22. The second kappa shape index (κ2) is 14.3. The molecule has 0 aliphatic heterocycles. The Morgan fingerprint density at radius 3 is 1.32 bits per heavy atom. The zero-order chi connectivity index (χ0) is 34.8. The van der Waals surface area contributed by atoms with E-state index in [0.717, 1.165) is 68.8 Å². The van der Waals surface area contributed by atoms with E-state index in [0.29, 0.717) is 32.3 Å². The third-order valence-electron chi connectivity index (χ3n) is 8.74. The van der Waals surface area contributed by atoms with Gasteiger partial charge < -0.3 is 18.6 Å². The fraction of sp³-hybridized carbons (Fsp3) is 0.200. The second-order valence-electron chi connectivity index (χ2n) is 11.7. The number of thiazole rings is 2. The standard InChI is InChI=1S/2C20H18N2O2S/c2*1-3-22(4-2)14-10-9-13-11-15(20(23)24-17(13)12-14)19-21-16-7-5-6-8-18(16)25-19/h2*5-12H,3-4H2,1-2H3. The van der Waals surface area contributed by atoms with Crippen LogP contribution in [0.3, 0.4) is 0 Å². The summed E-state index contributed by atoms with van der Waals surface area (Å²) in [6.45, 7) is 12.1. The van der Waals surface area contributed by atoms with Gasteiger partial charge in [-0.15, -0.1) is 22.7 Å². The Balaban J connectivity index is 0.000000157. The number of benzene rings is 4. The van der Waals surface area contributed by atoms with Crippen molar-refractivity contribution in [2.75, 3.05) is 36.0 Å². The Labute approximate surface area is 296 Å². The molecule has 50 heavy (non-hydrogen) atoms. The Bertz CT molecular complexity index is 2330. The Morgan fingerprint density at radius 2 is 0.940 bits per heavy atom. The van der Waals surface area contributed by atoms with E-state index in [9.17, 15) is 9.59 Å². The van der Waals surface area contributed by atoms with E-state index in [4.69, 9.17) is 8.83 Å². The van der Waals surface area contributed by atoms with Crippen molar-refractivity contribution in [2.45, 2.75) is 27.7 Å². The molecule has 10 heteroatoms. The van der Waals surface area contributed by atoms with Gasteiger partial charge in [0, 0.05) is 60.5 Å². The summed E-state index contributed by atoms with van der Waals surface area (Å²) in [6.07, 6.45) is 0. The van der Waals surface area contributed by atoms with Crippen molar-refractivity contribution in [2.24, 2.45) is 0 Å². The van der Waals surface area contributed by atoms with Crippen molar-refractivity contribution in [3.8, 4) is 21.1 Å². The monoisotopic (exact) mass is 700 g/mol. The van der Waals surface area contributed by atoms with Crippen LogP contribution in [-0.2, 0) is 0 Å². The minimum Gasteiger partial charge on any atom is -0.422 e. The molecule has 0 spiro atoms. The molecule has 0 amide bonds. The Hall–Kier alpha value is -5.32. The summed E-state index contributed by atoms with van der Waals surface area (Å²) in [5, 5.41) is 3.21. The minimum atomic E-state index is -0.344. The summed E-state index contributed by atoms with van der Waals surface area (Å²) in [7, 11) is 0. The molecule has 0 atom stereocenters. The first-order valence-electron chi connectivity index (χ1n) is 16.8. The zero-order valence-electron chi connectivity index (χ0n) is 28.3. The van der Waals surface area contributed by atoms with Crippen LogP contribution in [0, 0.1) is 0 Å². The fourth-order valence-electron chi connectivity index (χ4n) is 6.04. The molecule has 8 nitrogen and oxygen atoms in total. The first kappa shape index (κ1) is 33.2. The molecule has 0 bridgehead atoms. The summed E-state index contributed by atoms with van der Waals surface area (Å²) in [5.74, 6) is 0. The van der Waals surface area contributed by atoms with Gasteiger partial charge in [-0.05, 0) is 88.4 Å². The maximum Gasteiger partial charge on any atom is 0.346 e. The van der Waals surface area contributed by atoms with E-state index in [2.05, 4.69) is 59.6 Å². The van der Waals surface area contributed by atoms with E-state index in [1.54, 1.807) is 0 Å². The van der Waals surface area contributed by atoms with Crippen LogP contribution < -0.4 is 21.1 Å². The van der Waals surface area contributed by atoms with Crippen molar-refractivity contribution in [1.82, 2.24) is 9.97 Å². The van der Waals surface area contributed by atoms with E-state index in [1.807, 2.05) is 84.9 Å². The van der Waals surface area contributed by atoms with Crippen LogP contribution in [0.4, 0.5) is 11.4 Å². The lowest BCUT2D eigenvalue weighted by Crippen LogP contribution is -2.21. The summed E-state index contributed by atoms with van der Waals surface area (Å²) >= 11 is 3.02. The molecule has 0 aliphatic carbocycles. The summed E-state index contributed by atoms with van der Waals surface area (Å²) < 4.78 is 13.3. The Kier molecular flexibility index (Phi) is 9.47. The van der Waals surface area contributed by atoms with Crippen molar-refractivity contribution < 1.29 is 8.83 Å². The molecule has 4 heterocycles. The Morgan fingerprint density at radius 1 is 0.540 bits per heavy atom. The van der Waals surface area contributed by atoms with Gasteiger partial charge in [0.2, 0.25) is 0 Å². The van der Waals surface area contributed by atoms with Gasteiger partial charge in [-0.3, -0.25) is 0 Å². The van der Waals surface area contributed by atoms with Gasteiger partial charge in [-0.1, -0.05) is 24.3 Å². The van der Waals surface area contributed by atoms with Crippen molar-refractivity contribution in [1.29, 1.82) is 0 Å². The van der Waals surface area contributed by atoms with Crippen molar-refractivity contribution >= 4 is 76.4 Å². The number of nitrogens with zero attached hydrogens (tertiary/aromatic N) is 4. The van der Waals surface area contributed by atoms with Gasteiger partial charge in [0.05, 0.1) is 31.6 Å². The van der Waals surface area contributed by atoms with E-state index < -0.39 is 0 Å². The molecule has 0 fully saturated rings. The average Bonchev–Trinajstić information content (AvgIpc) is 3.77. The highest BCUT2D eigenvalue weighted by Crippen LogP contribution is 2.32. The first-order chi connectivity index (χ1) is 24.4. The van der Waals surface area contributed by atoms with Gasteiger partial charge in [-0.2, -0.15) is 0 Å². The van der Waals surface area contributed by atoms with Crippen LogP contribution >= 0.6 is 22.7 Å². The lowest BCUT2D eigenvalue weighted by molar-refractivity contribution is 0.563. The van der Waals surface area contributed by atoms with E-state index in [1.165, 1.54) is 22.7 Å². The molecular weight excluding hydrogens is 665 g/mol. The van der Waals surface area contributed by atoms with Crippen LogP contribution in [0.1, 0.15) is 27.7 Å². The number of rotatable bonds is 8. The van der Waals surface area contributed by atoms with Gasteiger partial charge in [0.25, 0.3) is 0 Å². The summed E-state index contributed by atoms with van der Waals surface area (Å²) in [5.41, 5.74) is 5.50. The van der Waals surface area contributed by atoms with Gasteiger partial charge >= 0.3 is 11.3 Å². The smallest absolute Gasteiger partial charge is 0.346 e. The third kappa shape index (κ3) is 6.51. The molecule has 0 aliphatic rings. The van der Waals surface area contributed by atoms with Crippen molar-refractivity contribution in [3.05, 3.63) is 118 Å². The first-order valence-corrected chi connectivity index (χ1v) is 18.4. The number of hydrogen-bond acceptors (Lipinski definition) is 10. The number of hydrogen-bond donors (Lipinski definition) is 0. The van der Waals surface area contributed by atoms with Crippen LogP contribution in [-0.4, -0.2) is 36.1 Å². The lowest BCUT2D eigenvalue weighted by atomic mass is 10.1. The molecule has 4 aromatic carbocycles. The zero-order valence-corrected chi connectivity index (χ0v) is 29.9. The number of para-hydroxylation sites is 2. The van der Waals surface area contributed by atoms with Crippen molar-refractivity contribution in [3.63, 3.8) is 0 Å². The molecular formula is C40H36N4O4S2. The van der Waals surface area contributed by atoms with Gasteiger partial charge in [-0.25, -0.2) is 19.6 Å². The molecule has 252 valence electrons. The van der Waals surface area contributed by atoms with Gasteiger partial charge in [0.15, 0.2) is 0 Å².